The molecule has 1 aromatic carbocycles. The van der Waals surface area contributed by atoms with E-state index in [0.717, 1.165) is 12.0 Å². The smallest absolute Gasteiger partial charge is 0.421 e. The summed E-state index contributed by atoms with van der Waals surface area (Å²) in [5.41, 5.74) is 1.03. The van der Waals surface area contributed by atoms with Crippen LogP contribution in [0.25, 0.3) is 0 Å². The van der Waals surface area contributed by atoms with Gasteiger partial charge in [-0.05, 0) is 31.0 Å². The molecule has 0 radical (unpaired) electrons. The quantitative estimate of drug-likeness (QED) is 0.890. The molecule has 0 aromatic heterocycles. The van der Waals surface area contributed by atoms with E-state index in [-0.39, 0.29) is 11.5 Å². The summed E-state index contributed by atoms with van der Waals surface area (Å²) < 4.78 is 29.7. The van der Waals surface area contributed by atoms with Gasteiger partial charge < -0.3 is 4.74 Å². The van der Waals surface area contributed by atoms with Crippen molar-refractivity contribution in [1.29, 1.82) is 0 Å². The lowest BCUT2D eigenvalue weighted by molar-refractivity contribution is 0.158. The van der Waals surface area contributed by atoms with Crippen LogP contribution in [0.1, 0.15) is 19.4 Å². The van der Waals surface area contributed by atoms with E-state index in [1.54, 1.807) is 19.1 Å². The van der Waals surface area contributed by atoms with E-state index in [0.29, 0.717) is 0 Å². The third-order valence-electron chi connectivity index (χ3n) is 2.14. The number of hydrogen-bond donors (Lipinski definition) is 1. The third-order valence-corrected chi connectivity index (χ3v) is 3.46. The number of amides is 1. The number of carbonyl (C=O) groups is 1. The second kappa shape index (κ2) is 5.67. The molecule has 0 saturated heterocycles. The molecule has 0 aliphatic carbocycles. The van der Waals surface area contributed by atoms with E-state index in [1.807, 2.05) is 11.6 Å². The van der Waals surface area contributed by atoms with Crippen LogP contribution >= 0.6 is 0 Å². The molecule has 0 spiro atoms. The maximum absolute atomic E-state index is 11.7. The van der Waals surface area contributed by atoms with Gasteiger partial charge in [-0.1, -0.05) is 19.1 Å². The van der Waals surface area contributed by atoms with Crippen molar-refractivity contribution in [2.75, 3.05) is 6.61 Å². The van der Waals surface area contributed by atoms with Gasteiger partial charge in [0.15, 0.2) is 0 Å². The Hall–Kier alpha value is -1.56. The van der Waals surface area contributed by atoms with Crippen molar-refractivity contribution in [3.8, 4) is 0 Å². The van der Waals surface area contributed by atoms with Crippen LogP contribution in [0.3, 0.4) is 0 Å². The average molecular weight is 257 g/mol. The molecule has 0 aliphatic heterocycles. The van der Waals surface area contributed by atoms with Crippen molar-refractivity contribution in [2.45, 2.75) is 25.2 Å². The molecule has 1 amide bonds. The fourth-order valence-electron chi connectivity index (χ4n) is 1.23. The number of benzene rings is 1. The van der Waals surface area contributed by atoms with E-state index in [9.17, 15) is 13.2 Å². The first-order valence-corrected chi connectivity index (χ1v) is 6.76. The minimum absolute atomic E-state index is 0.0442. The molecule has 0 bridgehead atoms. The lowest BCUT2D eigenvalue weighted by Crippen LogP contribution is -2.31. The Morgan fingerprint density at radius 2 is 1.82 bits per heavy atom. The van der Waals surface area contributed by atoms with Gasteiger partial charge in [0.05, 0.1) is 11.5 Å². The molecule has 17 heavy (non-hydrogen) atoms. The van der Waals surface area contributed by atoms with Gasteiger partial charge in [-0.25, -0.2) is 17.9 Å². The van der Waals surface area contributed by atoms with Gasteiger partial charge in [0, 0.05) is 0 Å². The van der Waals surface area contributed by atoms with Gasteiger partial charge in [-0.3, -0.25) is 0 Å². The van der Waals surface area contributed by atoms with Gasteiger partial charge >= 0.3 is 6.09 Å². The van der Waals surface area contributed by atoms with Crippen molar-refractivity contribution in [3.05, 3.63) is 29.8 Å². The predicted molar refractivity (Wildman–Crippen MR) is 63.2 cm³/mol. The Morgan fingerprint density at radius 1 is 1.24 bits per heavy atom. The normalized spacial score (nSPS) is 10.9. The highest BCUT2D eigenvalue weighted by molar-refractivity contribution is 7.90. The van der Waals surface area contributed by atoms with Gasteiger partial charge in [-0.15, -0.1) is 0 Å². The second-order valence-electron chi connectivity index (χ2n) is 3.32. The van der Waals surface area contributed by atoms with Gasteiger partial charge in [0.2, 0.25) is 0 Å². The maximum atomic E-state index is 11.7. The summed E-state index contributed by atoms with van der Waals surface area (Å²) in [7, 11) is -3.83. The zero-order valence-electron chi connectivity index (χ0n) is 9.76. The van der Waals surface area contributed by atoms with Gasteiger partial charge in [0.25, 0.3) is 10.0 Å². The van der Waals surface area contributed by atoms with E-state index in [1.165, 1.54) is 12.1 Å². The average Bonchev–Trinajstić information content (AvgIpc) is 2.28. The second-order valence-corrected chi connectivity index (χ2v) is 5.01. The Morgan fingerprint density at radius 3 is 2.29 bits per heavy atom. The number of ether oxygens (including phenoxy) is 1. The third kappa shape index (κ3) is 3.74. The number of carbonyl (C=O) groups excluding carboxylic acids is 1. The fourth-order valence-corrected chi connectivity index (χ4v) is 2.12. The highest BCUT2D eigenvalue weighted by Crippen LogP contribution is 2.10. The Labute approximate surface area is 101 Å². The van der Waals surface area contributed by atoms with Gasteiger partial charge in [-0.2, -0.15) is 0 Å². The number of rotatable bonds is 4. The summed E-state index contributed by atoms with van der Waals surface area (Å²) in [6.07, 6.45) is -0.141. The van der Waals surface area contributed by atoms with Crippen LogP contribution in [-0.2, 0) is 21.2 Å². The standard InChI is InChI=1S/C11H15NO4S/c1-3-9-5-7-10(8-6-9)17(14,15)12-11(13)16-4-2/h5-8H,3-4H2,1-2H3,(H,12,13). The van der Waals surface area contributed by atoms with Crippen LogP contribution in [0.4, 0.5) is 4.79 Å². The zero-order valence-corrected chi connectivity index (χ0v) is 10.6. The van der Waals surface area contributed by atoms with Crippen molar-refractivity contribution in [3.63, 3.8) is 0 Å². The monoisotopic (exact) mass is 257 g/mol. The van der Waals surface area contributed by atoms with E-state index in [2.05, 4.69) is 4.74 Å². The summed E-state index contributed by atoms with van der Waals surface area (Å²) in [4.78, 5) is 11.1. The largest absolute Gasteiger partial charge is 0.449 e. The lowest BCUT2D eigenvalue weighted by Gasteiger charge is -2.07. The molecular formula is C11H15NO4S. The zero-order chi connectivity index (χ0) is 12.9. The molecule has 0 atom stereocenters. The molecule has 0 fully saturated rings. The van der Waals surface area contributed by atoms with Crippen molar-refractivity contribution < 1.29 is 17.9 Å². The molecule has 1 aromatic rings. The molecule has 0 saturated carbocycles. The summed E-state index contributed by atoms with van der Waals surface area (Å²) in [6.45, 7) is 3.69. The number of aryl methyl sites for hydroxylation is 1. The first-order chi connectivity index (χ1) is 7.99. The Kier molecular flexibility index (Phi) is 4.51. The van der Waals surface area contributed by atoms with E-state index >= 15 is 0 Å². The molecule has 0 aliphatic rings. The number of nitrogens with one attached hydrogen (secondary N) is 1. The van der Waals surface area contributed by atoms with E-state index in [4.69, 9.17) is 0 Å². The van der Waals surface area contributed by atoms with Crippen LogP contribution in [0.15, 0.2) is 29.2 Å². The number of hydrogen-bond acceptors (Lipinski definition) is 4. The van der Waals surface area contributed by atoms with Crippen LogP contribution in [0.5, 0.6) is 0 Å². The first-order valence-electron chi connectivity index (χ1n) is 5.28. The summed E-state index contributed by atoms with van der Waals surface area (Å²) in [6, 6.07) is 6.33. The topological polar surface area (TPSA) is 72.5 Å². The Balaban J connectivity index is 2.85. The number of sulfonamides is 1. The molecule has 1 N–H and O–H groups in total. The van der Waals surface area contributed by atoms with Crippen LogP contribution in [0, 0.1) is 0 Å². The minimum Gasteiger partial charge on any atom is -0.449 e. The predicted octanol–water partition coefficient (Wildman–Crippen LogP) is 1.68. The van der Waals surface area contributed by atoms with Crippen molar-refractivity contribution in [1.82, 2.24) is 4.72 Å². The lowest BCUT2D eigenvalue weighted by atomic mass is 10.2. The first kappa shape index (κ1) is 13.5. The van der Waals surface area contributed by atoms with E-state index < -0.39 is 16.1 Å². The molecule has 1 rings (SSSR count). The van der Waals surface area contributed by atoms with Crippen LogP contribution < -0.4 is 4.72 Å². The molecular weight excluding hydrogens is 242 g/mol. The molecule has 5 nitrogen and oxygen atoms in total. The molecule has 94 valence electrons. The van der Waals surface area contributed by atoms with Crippen molar-refractivity contribution in [2.24, 2.45) is 0 Å². The Bertz CT molecular complexity index is 479. The summed E-state index contributed by atoms with van der Waals surface area (Å²) >= 11 is 0. The minimum atomic E-state index is -3.83. The SMILES string of the molecule is CCOC(=O)NS(=O)(=O)c1ccc(CC)cc1. The maximum Gasteiger partial charge on any atom is 0.421 e. The summed E-state index contributed by atoms with van der Waals surface area (Å²) in [5, 5.41) is 0. The molecule has 6 heteroatoms. The van der Waals surface area contributed by atoms with Crippen molar-refractivity contribution >= 4 is 16.1 Å². The fraction of sp³-hybridized carbons (Fsp3) is 0.364. The summed E-state index contributed by atoms with van der Waals surface area (Å²) in [5.74, 6) is 0. The van der Waals surface area contributed by atoms with Crippen LogP contribution in [-0.4, -0.2) is 21.1 Å². The van der Waals surface area contributed by atoms with Crippen LogP contribution in [0.2, 0.25) is 0 Å². The molecule has 0 heterocycles. The van der Waals surface area contributed by atoms with Gasteiger partial charge in [0.1, 0.15) is 0 Å². The molecule has 0 unspecified atom stereocenters. The highest BCUT2D eigenvalue weighted by Gasteiger charge is 2.17. The highest BCUT2D eigenvalue weighted by atomic mass is 32.2.